The van der Waals surface area contributed by atoms with Crippen molar-refractivity contribution in [2.75, 3.05) is 10.6 Å². The molecule has 3 aromatic rings. The summed E-state index contributed by atoms with van der Waals surface area (Å²) >= 11 is 8.83. The van der Waals surface area contributed by atoms with E-state index in [1.807, 2.05) is 25.3 Å². The number of thioether (sulfide) groups is 1. The topological polar surface area (TPSA) is 102 Å². The fraction of sp³-hybridized carbons (Fsp3) is 0.350. The van der Waals surface area contributed by atoms with Crippen LogP contribution < -0.4 is 10.6 Å². The molecule has 2 heterocycles. The van der Waals surface area contributed by atoms with Crippen molar-refractivity contribution in [3.8, 4) is 0 Å². The summed E-state index contributed by atoms with van der Waals surface area (Å²) in [6.45, 7) is 8.19. The number of carbonyl (C=O) groups is 2. The molecule has 164 valence electrons. The largest absolute Gasteiger partial charge is 0.324 e. The van der Waals surface area contributed by atoms with Crippen molar-refractivity contribution in [2.24, 2.45) is 0 Å². The van der Waals surface area contributed by atoms with E-state index in [1.54, 1.807) is 31.2 Å². The fourth-order valence-electron chi connectivity index (χ4n) is 2.70. The second kappa shape index (κ2) is 10.3. The first kappa shape index (κ1) is 23.2. The molecule has 0 aliphatic heterocycles. The highest BCUT2D eigenvalue weighted by molar-refractivity contribution is 8.00. The maximum absolute atomic E-state index is 12.6. The molecule has 0 fully saturated rings. The Morgan fingerprint density at radius 3 is 2.61 bits per heavy atom. The normalized spacial score (nSPS) is 11.9. The van der Waals surface area contributed by atoms with Crippen molar-refractivity contribution >= 4 is 57.3 Å². The fourth-order valence-corrected chi connectivity index (χ4v) is 4.63. The minimum Gasteiger partial charge on any atom is -0.324 e. The van der Waals surface area contributed by atoms with Gasteiger partial charge in [-0.2, -0.15) is 0 Å². The number of aryl methyl sites for hydroxylation is 2. The first-order valence-corrected chi connectivity index (χ1v) is 11.7. The van der Waals surface area contributed by atoms with Crippen LogP contribution in [-0.4, -0.2) is 36.8 Å². The van der Waals surface area contributed by atoms with Crippen LogP contribution in [0.15, 0.2) is 29.4 Å². The number of carbonyl (C=O) groups excluding carboxylic acids is 2. The van der Waals surface area contributed by atoms with E-state index < -0.39 is 5.25 Å². The van der Waals surface area contributed by atoms with Crippen LogP contribution in [0.25, 0.3) is 0 Å². The van der Waals surface area contributed by atoms with E-state index in [9.17, 15) is 9.59 Å². The second-order valence-corrected chi connectivity index (χ2v) is 9.68. The van der Waals surface area contributed by atoms with Gasteiger partial charge in [0, 0.05) is 11.4 Å². The first-order valence-electron chi connectivity index (χ1n) is 9.66. The number of anilines is 2. The van der Waals surface area contributed by atoms with Gasteiger partial charge in [-0.3, -0.25) is 9.59 Å². The molecule has 0 aliphatic carbocycles. The van der Waals surface area contributed by atoms with Crippen LogP contribution in [0.1, 0.15) is 30.2 Å². The number of para-hydroxylation sites is 1. The monoisotopic (exact) mass is 478 g/mol. The number of thiazole rings is 1. The minimum absolute atomic E-state index is 0.0465. The van der Waals surface area contributed by atoms with E-state index in [1.165, 1.54) is 23.1 Å². The highest BCUT2D eigenvalue weighted by Crippen LogP contribution is 2.26. The summed E-state index contributed by atoms with van der Waals surface area (Å²) in [5, 5.41) is 15.2. The van der Waals surface area contributed by atoms with Crippen molar-refractivity contribution in [3.63, 3.8) is 0 Å². The lowest BCUT2D eigenvalue weighted by Gasteiger charge is -2.12. The molecule has 0 saturated heterocycles. The first-order chi connectivity index (χ1) is 14.8. The van der Waals surface area contributed by atoms with Crippen LogP contribution in [0.5, 0.6) is 0 Å². The molecule has 3 rings (SSSR count). The van der Waals surface area contributed by atoms with Crippen LogP contribution in [-0.2, 0) is 22.6 Å². The van der Waals surface area contributed by atoms with Gasteiger partial charge in [0.2, 0.25) is 11.8 Å². The van der Waals surface area contributed by atoms with E-state index in [-0.39, 0.29) is 18.2 Å². The Kier molecular flexibility index (Phi) is 7.69. The predicted octanol–water partition coefficient (Wildman–Crippen LogP) is 4.33. The minimum atomic E-state index is -0.413. The van der Waals surface area contributed by atoms with E-state index in [4.69, 9.17) is 11.6 Å². The summed E-state index contributed by atoms with van der Waals surface area (Å²) in [7, 11) is 0. The van der Waals surface area contributed by atoms with E-state index in [2.05, 4.69) is 25.8 Å². The van der Waals surface area contributed by atoms with Gasteiger partial charge in [-0.15, -0.1) is 21.5 Å². The lowest BCUT2D eigenvalue weighted by atomic mass is 10.3. The summed E-state index contributed by atoms with van der Waals surface area (Å²) in [4.78, 5) is 30.4. The molecule has 0 aliphatic rings. The molecule has 31 heavy (non-hydrogen) atoms. The lowest BCUT2D eigenvalue weighted by molar-refractivity contribution is -0.116. The maximum atomic E-state index is 12.6. The Morgan fingerprint density at radius 2 is 1.97 bits per heavy atom. The van der Waals surface area contributed by atoms with Crippen molar-refractivity contribution in [1.29, 1.82) is 0 Å². The molecule has 0 spiro atoms. The molecule has 2 N–H and O–H groups in total. The summed E-state index contributed by atoms with van der Waals surface area (Å²) in [6, 6.07) is 7.04. The number of hydrogen-bond acceptors (Lipinski definition) is 7. The molecule has 0 bridgehead atoms. The summed E-state index contributed by atoms with van der Waals surface area (Å²) in [5.41, 5.74) is 1.45. The van der Waals surface area contributed by atoms with Crippen LogP contribution >= 0.6 is 34.7 Å². The summed E-state index contributed by atoms with van der Waals surface area (Å²) in [5.74, 6) is 0.114. The number of amides is 2. The number of hydrogen-bond donors (Lipinski definition) is 2. The Hall–Kier alpha value is -2.43. The van der Waals surface area contributed by atoms with Crippen molar-refractivity contribution in [2.45, 2.75) is 51.1 Å². The average molecular weight is 479 g/mol. The molecular weight excluding hydrogens is 456 g/mol. The quantitative estimate of drug-likeness (QED) is 0.467. The van der Waals surface area contributed by atoms with Crippen LogP contribution in [0.4, 0.5) is 10.8 Å². The van der Waals surface area contributed by atoms with Crippen molar-refractivity contribution in [1.82, 2.24) is 19.7 Å². The second-order valence-electron chi connectivity index (χ2n) is 6.76. The van der Waals surface area contributed by atoms with Crippen LogP contribution in [0.2, 0.25) is 5.02 Å². The van der Waals surface area contributed by atoms with E-state index >= 15 is 0 Å². The zero-order valence-electron chi connectivity index (χ0n) is 17.6. The van der Waals surface area contributed by atoms with Gasteiger partial charge in [-0.1, -0.05) is 35.5 Å². The summed E-state index contributed by atoms with van der Waals surface area (Å²) < 4.78 is 1.83. The Bertz CT molecular complexity index is 1080. The van der Waals surface area contributed by atoms with Gasteiger partial charge in [0.15, 0.2) is 10.3 Å². The van der Waals surface area contributed by atoms with Crippen molar-refractivity contribution < 1.29 is 9.59 Å². The van der Waals surface area contributed by atoms with E-state index in [0.717, 1.165) is 10.6 Å². The molecule has 1 atom stereocenters. The Morgan fingerprint density at radius 1 is 1.23 bits per heavy atom. The van der Waals surface area contributed by atoms with Gasteiger partial charge in [0.25, 0.3) is 0 Å². The van der Waals surface area contributed by atoms with Gasteiger partial charge < -0.3 is 15.2 Å². The third-order valence-corrected chi connectivity index (χ3v) is 6.88. The average Bonchev–Trinajstić information content (AvgIpc) is 3.25. The zero-order valence-corrected chi connectivity index (χ0v) is 20.0. The molecule has 0 unspecified atom stereocenters. The predicted molar refractivity (Wildman–Crippen MR) is 125 cm³/mol. The SMILES string of the molecule is CCn1c(CC(=O)Nc2ccccc2Cl)nnc1S[C@@H](C)C(=O)Nc1nc(C)c(C)s1. The molecular formula is C20H23ClN6O2S2. The third kappa shape index (κ3) is 5.84. The van der Waals surface area contributed by atoms with Gasteiger partial charge in [0.05, 0.1) is 28.1 Å². The van der Waals surface area contributed by atoms with Gasteiger partial charge in [-0.25, -0.2) is 4.98 Å². The Balaban J connectivity index is 1.64. The van der Waals surface area contributed by atoms with Crippen molar-refractivity contribution in [3.05, 3.63) is 45.7 Å². The smallest absolute Gasteiger partial charge is 0.239 e. The number of rotatable bonds is 8. The zero-order chi connectivity index (χ0) is 22.5. The Labute approximate surface area is 193 Å². The number of benzene rings is 1. The molecule has 2 amide bonds. The van der Waals surface area contributed by atoms with Gasteiger partial charge >= 0.3 is 0 Å². The molecule has 0 radical (unpaired) electrons. The number of aromatic nitrogens is 4. The maximum Gasteiger partial charge on any atom is 0.239 e. The van der Waals surface area contributed by atoms with Gasteiger partial charge in [-0.05, 0) is 39.8 Å². The number of nitrogens with zero attached hydrogens (tertiary/aromatic N) is 4. The standard InChI is InChI=1S/C20H23ClN6O2S2/c1-5-27-16(10-17(28)23-15-9-7-6-8-14(15)21)25-26-20(27)31-13(4)18(29)24-19-22-11(2)12(3)30-19/h6-9,13H,5,10H2,1-4H3,(H,23,28)(H,22,24,29)/t13-/m0/s1. The highest BCUT2D eigenvalue weighted by Gasteiger charge is 2.22. The molecule has 8 nitrogen and oxygen atoms in total. The van der Waals surface area contributed by atoms with Gasteiger partial charge in [0.1, 0.15) is 5.82 Å². The van der Waals surface area contributed by atoms with E-state index in [0.29, 0.717) is 33.4 Å². The molecule has 0 saturated carbocycles. The van der Waals surface area contributed by atoms with Crippen LogP contribution in [0.3, 0.4) is 0 Å². The number of nitrogens with one attached hydrogen (secondary N) is 2. The molecule has 2 aromatic heterocycles. The number of halogens is 1. The lowest BCUT2D eigenvalue weighted by Crippen LogP contribution is -2.23. The highest BCUT2D eigenvalue weighted by atomic mass is 35.5. The molecule has 11 heteroatoms. The molecule has 1 aromatic carbocycles. The summed E-state index contributed by atoms with van der Waals surface area (Å²) in [6.07, 6.45) is 0.0465. The third-order valence-electron chi connectivity index (χ3n) is 4.49. The van der Waals surface area contributed by atoms with Crippen LogP contribution in [0, 0.1) is 13.8 Å².